The molecule has 1 aromatic heterocycles. The van der Waals surface area contributed by atoms with Gasteiger partial charge in [-0.3, -0.25) is 9.89 Å². The summed E-state index contributed by atoms with van der Waals surface area (Å²) in [5.41, 5.74) is 5.42. The Kier molecular flexibility index (Phi) is 2.72. The van der Waals surface area contributed by atoms with E-state index in [0.717, 1.165) is 4.90 Å². The second kappa shape index (κ2) is 3.94. The average molecular weight is 248 g/mol. The predicted molar refractivity (Wildman–Crippen MR) is 53.1 cm³/mol. The van der Waals surface area contributed by atoms with Gasteiger partial charge in [-0.1, -0.05) is 0 Å². The second-order valence-corrected chi connectivity index (χ2v) is 3.98. The number of nitrogens with two attached hydrogens (primary N) is 1. The van der Waals surface area contributed by atoms with E-state index >= 15 is 0 Å². The Hall–Kier alpha value is -1.73. The average Bonchev–Trinajstić information content (AvgIpc) is 2.96. The van der Waals surface area contributed by atoms with E-state index in [1.54, 1.807) is 0 Å². The van der Waals surface area contributed by atoms with Gasteiger partial charge >= 0.3 is 6.18 Å². The molecule has 0 bridgehead atoms. The molecule has 1 aliphatic carbocycles. The third-order valence-electron chi connectivity index (χ3n) is 2.48. The van der Waals surface area contributed by atoms with Gasteiger partial charge in [-0.05, 0) is 12.8 Å². The maximum Gasteiger partial charge on any atom is 0.406 e. The molecular weight excluding hydrogens is 237 g/mol. The van der Waals surface area contributed by atoms with Crippen molar-refractivity contribution in [2.45, 2.75) is 25.1 Å². The standard InChI is InChI=1S/C9H11F3N4O/c10-9(11,12)4-16(5-1-2-5)8(17)7-6(13)3-14-15-7/h3,5H,1-2,4,13H2,(H,14,15). The zero-order valence-corrected chi connectivity index (χ0v) is 8.79. The maximum atomic E-state index is 12.3. The van der Waals surface area contributed by atoms with E-state index < -0.39 is 18.6 Å². The summed E-state index contributed by atoms with van der Waals surface area (Å²) in [5.74, 6) is -0.750. The molecule has 1 amide bonds. The molecule has 2 rings (SSSR count). The highest BCUT2D eigenvalue weighted by Gasteiger charge is 2.41. The summed E-state index contributed by atoms with van der Waals surface area (Å²) >= 11 is 0. The van der Waals surface area contributed by atoms with Gasteiger partial charge in [-0.25, -0.2) is 0 Å². The Balaban J connectivity index is 2.17. The Morgan fingerprint density at radius 1 is 1.59 bits per heavy atom. The van der Waals surface area contributed by atoms with Gasteiger partial charge in [0, 0.05) is 6.04 Å². The molecule has 17 heavy (non-hydrogen) atoms. The lowest BCUT2D eigenvalue weighted by atomic mass is 10.3. The number of aromatic amines is 1. The Morgan fingerprint density at radius 3 is 2.65 bits per heavy atom. The summed E-state index contributed by atoms with van der Waals surface area (Å²) in [4.78, 5) is 12.7. The van der Waals surface area contributed by atoms with E-state index in [-0.39, 0.29) is 17.4 Å². The summed E-state index contributed by atoms with van der Waals surface area (Å²) in [6.07, 6.45) is -2.02. The first-order valence-electron chi connectivity index (χ1n) is 5.05. The van der Waals surface area contributed by atoms with Gasteiger partial charge in [0.15, 0.2) is 0 Å². The molecule has 1 saturated carbocycles. The fraction of sp³-hybridized carbons (Fsp3) is 0.556. The van der Waals surface area contributed by atoms with Gasteiger partial charge in [-0.15, -0.1) is 0 Å². The molecule has 94 valence electrons. The van der Waals surface area contributed by atoms with Crippen LogP contribution in [0.1, 0.15) is 23.3 Å². The number of nitrogens with zero attached hydrogens (tertiary/aromatic N) is 2. The molecule has 1 fully saturated rings. The molecular formula is C9H11F3N4O. The number of nitrogens with one attached hydrogen (secondary N) is 1. The Bertz CT molecular complexity index is 424. The zero-order valence-electron chi connectivity index (χ0n) is 8.79. The molecule has 1 aliphatic rings. The van der Waals surface area contributed by atoms with Crippen molar-refractivity contribution in [1.29, 1.82) is 0 Å². The lowest BCUT2D eigenvalue weighted by Crippen LogP contribution is -2.40. The van der Waals surface area contributed by atoms with Gasteiger partial charge in [0.25, 0.3) is 5.91 Å². The van der Waals surface area contributed by atoms with Crippen LogP contribution in [0.25, 0.3) is 0 Å². The van der Waals surface area contributed by atoms with Crippen molar-refractivity contribution in [2.24, 2.45) is 0 Å². The highest BCUT2D eigenvalue weighted by molar-refractivity contribution is 5.97. The first-order valence-corrected chi connectivity index (χ1v) is 5.05. The van der Waals surface area contributed by atoms with Crippen molar-refractivity contribution < 1.29 is 18.0 Å². The SMILES string of the molecule is Nc1cn[nH]c1C(=O)N(CC(F)(F)F)C1CC1. The van der Waals surface area contributed by atoms with Crippen molar-refractivity contribution in [1.82, 2.24) is 15.1 Å². The summed E-state index contributed by atoms with van der Waals surface area (Å²) in [7, 11) is 0. The molecule has 0 aliphatic heterocycles. The number of rotatable bonds is 3. The zero-order chi connectivity index (χ0) is 12.6. The number of halogens is 3. The summed E-state index contributed by atoms with van der Waals surface area (Å²) in [6, 6.07) is -0.341. The minimum Gasteiger partial charge on any atom is -0.396 e. The van der Waals surface area contributed by atoms with Crippen molar-refractivity contribution in [3.05, 3.63) is 11.9 Å². The van der Waals surface area contributed by atoms with Crippen molar-refractivity contribution in [3.8, 4) is 0 Å². The fourth-order valence-corrected chi connectivity index (χ4v) is 1.56. The van der Waals surface area contributed by atoms with E-state index in [9.17, 15) is 18.0 Å². The maximum absolute atomic E-state index is 12.3. The topological polar surface area (TPSA) is 75.0 Å². The van der Waals surface area contributed by atoms with E-state index in [4.69, 9.17) is 5.73 Å². The van der Waals surface area contributed by atoms with Crippen LogP contribution in [0.3, 0.4) is 0 Å². The number of amides is 1. The molecule has 0 spiro atoms. The molecule has 0 saturated heterocycles. The number of alkyl halides is 3. The molecule has 0 atom stereocenters. The van der Waals surface area contributed by atoms with Crippen LogP contribution < -0.4 is 5.73 Å². The number of hydrogen-bond acceptors (Lipinski definition) is 3. The first-order chi connectivity index (χ1) is 7.88. The number of aromatic nitrogens is 2. The normalized spacial score (nSPS) is 15.9. The number of anilines is 1. The lowest BCUT2D eigenvalue weighted by Gasteiger charge is -2.23. The number of H-pyrrole nitrogens is 1. The Labute approximate surface area is 94.8 Å². The molecule has 0 aromatic carbocycles. The summed E-state index contributed by atoms with van der Waals surface area (Å²) in [5, 5.41) is 5.84. The van der Waals surface area contributed by atoms with Crippen LogP contribution in [-0.4, -0.2) is 39.8 Å². The highest BCUT2D eigenvalue weighted by Crippen LogP contribution is 2.31. The highest BCUT2D eigenvalue weighted by atomic mass is 19.4. The molecule has 0 radical (unpaired) electrons. The van der Waals surface area contributed by atoms with Crippen LogP contribution in [0.5, 0.6) is 0 Å². The largest absolute Gasteiger partial charge is 0.406 e. The second-order valence-electron chi connectivity index (χ2n) is 3.98. The minimum atomic E-state index is -4.41. The fourth-order valence-electron chi connectivity index (χ4n) is 1.56. The van der Waals surface area contributed by atoms with Gasteiger partial charge in [0.2, 0.25) is 0 Å². The lowest BCUT2D eigenvalue weighted by molar-refractivity contribution is -0.141. The van der Waals surface area contributed by atoms with Crippen molar-refractivity contribution >= 4 is 11.6 Å². The molecule has 1 heterocycles. The predicted octanol–water partition coefficient (Wildman–Crippen LogP) is 1.16. The van der Waals surface area contributed by atoms with Crippen LogP contribution in [0.4, 0.5) is 18.9 Å². The van der Waals surface area contributed by atoms with Crippen LogP contribution >= 0.6 is 0 Å². The number of carbonyl (C=O) groups is 1. The summed E-state index contributed by atoms with van der Waals surface area (Å²) in [6.45, 7) is -1.25. The van der Waals surface area contributed by atoms with Crippen LogP contribution in [-0.2, 0) is 0 Å². The number of nitrogen functional groups attached to an aromatic ring is 1. The van der Waals surface area contributed by atoms with Gasteiger partial charge < -0.3 is 10.6 Å². The van der Waals surface area contributed by atoms with E-state index in [1.165, 1.54) is 6.20 Å². The number of carbonyl (C=O) groups excluding carboxylic acids is 1. The molecule has 5 nitrogen and oxygen atoms in total. The van der Waals surface area contributed by atoms with Crippen LogP contribution in [0.2, 0.25) is 0 Å². The van der Waals surface area contributed by atoms with Crippen molar-refractivity contribution in [2.75, 3.05) is 12.3 Å². The van der Waals surface area contributed by atoms with E-state index in [1.807, 2.05) is 0 Å². The van der Waals surface area contributed by atoms with Crippen LogP contribution in [0.15, 0.2) is 6.20 Å². The molecule has 1 aromatic rings. The monoisotopic (exact) mass is 248 g/mol. The molecule has 0 unspecified atom stereocenters. The van der Waals surface area contributed by atoms with E-state index in [2.05, 4.69) is 10.2 Å². The first kappa shape index (κ1) is 11.7. The van der Waals surface area contributed by atoms with Gasteiger partial charge in [-0.2, -0.15) is 18.3 Å². The smallest absolute Gasteiger partial charge is 0.396 e. The van der Waals surface area contributed by atoms with E-state index in [0.29, 0.717) is 12.8 Å². The third kappa shape index (κ3) is 2.69. The van der Waals surface area contributed by atoms with Crippen molar-refractivity contribution in [3.63, 3.8) is 0 Å². The Morgan fingerprint density at radius 2 is 2.24 bits per heavy atom. The van der Waals surface area contributed by atoms with Crippen LogP contribution in [0, 0.1) is 0 Å². The quantitative estimate of drug-likeness (QED) is 0.842. The molecule has 3 N–H and O–H groups in total. The van der Waals surface area contributed by atoms with Gasteiger partial charge in [0.1, 0.15) is 12.2 Å². The number of hydrogen-bond donors (Lipinski definition) is 2. The van der Waals surface area contributed by atoms with Gasteiger partial charge in [0.05, 0.1) is 11.9 Å². The molecule has 8 heteroatoms. The minimum absolute atomic E-state index is 0.0582. The summed E-state index contributed by atoms with van der Waals surface area (Å²) < 4.78 is 37.0. The third-order valence-corrected chi connectivity index (χ3v) is 2.48.